The standard InChI is InChI=1S/C15H18N2O4/c1-10-4-2-5-11(8-10)14(19)16-9-13(18)17-7-3-6-12(17)15(20)21/h2,4-5,8,12H,3,6-7,9H2,1H3,(H,16,19)(H,20,21)/t12-/m1/s1. The molecular weight excluding hydrogens is 272 g/mol. The molecule has 6 heteroatoms. The number of aryl methyl sites for hydroxylation is 1. The van der Waals surface area contributed by atoms with E-state index in [1.807, 2.05) is 13.0 Å². The second kappa shape index (κ2) is 6.39. The zero-order chi connectivity index (χ0) is 15.4. The minimum absolute atomic E-state index is 0.184. The summed E-state index contributed by atoms with van der Waals surface area (Å²) < 4.78 is 0. The Labute approximate surface area is 122 Å². The molecule has 0 unspecified atom stereocenters. The number of carbonyl (C=O) groups excluding carboxylic acids is 2. The SMILES string of the molecule is Cc1cccc(C(=O)NCC(=O)N2CCC[C@@H]2C(=O)O)c1. The van der Waals surface area contributed by atoms with E-state index >= 15 is 0 Å². The van der Waals surface area contributed by atoms with E-state index in [0.29, 0.717) is 24.9 Å². The number of carboxylic acids is 1. The fraction of sp³-hybridized carbons (Fsp3) is 0.400. The highest BCUT2D eigenvalue weighted by molar-refractivity contribution is 5.97. The van der Waals surface area contributed by atoms with Crippen molar-refractivity contribution in [2.75, 3.05) is 13.1 Å². The number of rotatable bonds is 4. The third kappa shape index (κ3) is 3.59. The lowest BCUT2D eigenvalue weighted by molar-refractivity contribution is -0.147. The Morgan fingerprint density at radius 1 is 1.38 bits per heavy atom. The van der Waals surface area contributed by atoms with E-state index in [0.717, 1.165) is 5.56 Å². The summed E-state index contributed by atoms with van der Waals surface area (Å²) >= 11 is 0. The molecule has 2 rings (SSSR count). The highest BCUT2D eigenvalue weighted by Gasteiger charge is 2.33. The Bertz CT molecular complexity index is 571. The van der Waals surface area contributed by atoms with Crippen LogP contribution in [0.3, 0.4) is 0 Å². The first-order valence-electron chi connectivity index (χ1n) is 6.86. The minimum atomic E-state index is -0.995. The lowest BCUT2D eigenvalue weighted by atomic mass is 10.1. The second-order valence-corrected chi connectivity index (χ2v) is 5.14. The smallest absolute Gasteiger partial charge is 0.326 e. The summed E-state index contributed by atoms with van der Waals surface area (Å²) in [6, 6.07) is 6.28. The third-order valence-corrected chi connectivity index (χ3v) is 3.54. The number of nitrogens with zero attached hydrogens (tertiary/aromatic N) is 1. The Morgan fingerprint density at radius 3 is 2.81 bits per heavy atom. The van der Waals surface area contributed by atoms with Gasteiger partial charge < -0.3 is 15.3 Å². The molecule has 1 fully saturated rings. The number of hydrogen-bond acceptors (Lipinski definition) is 3. The molecule has 0 bridgehead atoms. The van der Waals surface area contributed by atoms with Crippen molar-refractivity contribution in [2.24, 2.45) is 0 Å². The molecule has 1 aromatic rings. The van der Waals surface area contributed by atoms with Crippen molar-refractivity contribution in [3.63, 3.8) is 0 Å². The zero-order valence-electron chi connectivity index (χ0n) is 11.8. The van der Waals surface area contributed by atoms with E-state index in [2.05, 4.69) is 5.32 Å². The highest BCUT2D eigenvalue weighted by Crippen LogP contribution is 2.17. The molecule has 2 amide bonds. The first-order valence-corrected chi connectivity index (χ1v) is 6.86. The minimum Gasteiger partial charge on any atom is -0.480 e. The summed E-state index contributed by atoms with van der Waals surface area (Å²) in [7, 11) is 0. The van der Waals surface area contributed by atoms with Gasteiger partial charge in [0.15, 0.2) is 0 Å². The van der Waals surface area contributed by atoms with Gasteiger partial charge in [-0.2, -0.15) is 0 Å². The van der Waals surface area contributed by atoms with Crippen LogP contribution in [0.2, 0.25) is 0 Å². The van der Waals surface area contributed by atoms with E-state index in [4.69, 9.17) is 5.11 Å². The van der Waals surface area contributed by atoms with Gasteiger partial charge in [-0.25, -0.2) is 4.79 Å². The Hall–Kier alpha value is -2.37. The van der Waals surface area contributed by atoms with Gasteiger partial charge in [-0.3, -0.25) is 9.59 Å². The van der Waals surface area contributed by atoms with Gasteiger partial charge in [0.25, 0.3) is 5.91 Å². The van der Waals surface area contributed by atoms with Gasteiger partial charge >= 0.3 is 5.97 Å². The topological polar surface area (TPSA) is 86.7 Å². The van der Waals surface area contributed by atoms with Crippen LogP contribution in [0.4, 0.5) is 0 Å². The van der Waals surface area contributed by atoms with Crippen LogP contribution in [0.5, 0.6) is 0 Å². The van der Waals surface area contributed by atoms with Crippen LogP contribution in [-0.2, 0) is 9.59 Å². The van der Waals surface area contributed by atoms with E-state index in [1.54, 1.807) is 18.2 Å². The third-order valence-electron chi connectivity index (χ3n) is 3.54. The molecule has 0 aromatic heterocycles. The summed E-state index contributed by atoms with van der Waals surface area (Å²) in [6.07, 6.45) is 1.14. The van der Waals surface area contributed by atoms with Crippen molar-refractivity contribution in [3.8, 4) is 0 Å². The van der Waals surface area contributed by atoms with Gasteiger partial charge in [-0.15, -0.1) is 0 Å². The second-order valence-electron chi connectivity index (χ2n) is 5.14. The summed E-state index contributed by atoms with van der Waals surface area (Å²) in [5.41, 5.74) is 1.44. The number of nitrogens with one attached hydrogen (secondary N) is 1. The summed E-state index contributed by atoms with van der Waals surface area (Å²) in [5, 5.41) is 11.6. The van der Waals surface area contributed by atoms with Crippen molar-refractivity contribution in [1.29, 1.82) is 0 Å². The Balaban J connectivity index is 1.92. The molecule has 2 N–H and O–H groups in total. The van der Waals surface area contributed by atoms with E-state index in [9.17, 15) is 14.4 Å². The number of amides is 2. The lowest BCUT2D eigenvalue weighted by Crippen LogP contribution is -2.45. The van der Waals surface area contributed by atoms with Crippen LogP contribution < -0.4 is 5.32 Å². The molecule has 0 aliphatic carbocycles. The van der Waals surface area contributed by atoms with E-state index in [1.165, 1.54) is 4.90 Å². The fourth-order valence-corrected chi connectivity index (χ4v) is 2.47. The number of hydrogen-bond donors (Lipinski definition) is 2. The lowest BCUT2D eigenvalue weighted by Gasteiger charge is -2.21. The monoisotopic (exact) mass is 290 g/mol. The van der Waals surface area contributed by atoms with Crippen LogP contribution in [0.15, 0.2) is 24.3 Å². The molecule has 0 radical (unpaired) electrons. The maximum atomic E-state index is 12.0. The van der Waals surface area contributed by atoms with Crippen LogP contribution >= 0.6 is 0 Å². The molecule has 0 saturated carbocycles. The predicted molar refractivity (Wildman–Crippen MR) is 75.9 cm³/mol. The molecule has 1 atom stereocenters. The maximum Gasteiger partial charge on any atom is 0.326 e. The van der Waals surface area contributed by atoms with Gasteiger partial charge in [0.05, 0.1) is 6.54 Å². The maximum absolute atomic E-state index is 12.0. The number of aliphatic carboxylic acids is 1. The summed E-state index contributed by atoms with van der Waals surface area (Å²) in [4.78, 5) is 36.3. The molecule has 1 aromatic carbocycles. The largest absolute Gasteiger partial charge is 0.480 e. The van der Waals surface area contributed by atoms with E-state index in [-0.39, 0.29) is 18.4 Å². The molecule has 21 heavy (non-hydrogen) atoms. The summed E-state index contributed by atoms with van der Waals surface area (Å²) in [6.45, 7) is 2.12. The van der Waals surface area contributed by atoms with Crippen molar-refractivity contribution < 1.29 is 19.5 Å². The Morgan fingerprint density at radius 2 is 2.14 bits per heavy atom. The number of benzene rings is 1. The van der Waals surface area contributed by atoms with Crippen LogP contribution in [0.25, 0.3) is 0 Å². The van der Waals surface area contributed by atoms with Gasteiger partial charge in [-0.05, 0) is 31.9 Å². The number of likely N-dealkylation sites (tertiary alicyclic amines) is 1. The number of carbonyl (C=O) groups is 3. The molecule has 1 heterocycles. The molecule has 1 aliphatic rings. The molecule has 1 aliphatic heterocycles. The zero-order valence-corrected chi connectivity index (χ0v) is 11.8. The molecule has 0 spiro atoms. The van der Waals surface area contributed by atoms with Gasteiger partial charge in [0.2, 0.25) is 5.91 Å². The molecule has 112 valence electrons. The van der Waals surface area contributed by atoms with E-state index < -0.39 is 12.0 Å². The van der Waals surface area contributed by atoms with Crippen LogP contribution in [0, 0.1) is 6.92 Å². The first-order chi connectivity index (χ1) is 9.99. The average molecular weight is 290 g/mol. The first kappa shape index (κ1) is 15.0. The highest BCUT2D eigenvalue weighted by atomic mass is 16.4. The van der Waals surface area contributed by atoms with Gasteiger partial charge in [0, 0.05) is 12.1 Å². The average Bonchev–Trinajstić information content (AvgIpc) is 2.94. The predicted octanol–water partition coefficient (Wildman–Crippen LogP) is 0.800. The van der Waals surface area contributed by atoms with Crippen molar-refractivity contribution in [2.45, 2.75) is 25.8 Å². The van der Waals surface area contributed by atoms with Crippen molar-refractivity contribution in [1.82, 2.24) is 10.2 Å². The Kier molecular flexibility index (Phi) is 4.57. The fourth-order valence-electron chi connectivity index (χ4n) is 2.47. The number of carboxylic acid groups (broad SMARTS) is 1. The quantitative estimate of drug-likeness (QED) is 0.858. The molecule has 1 saturated heterocycles. The van der Waals surface area contributed by atoms with Crippen LogP contribution in [0.1, 0.15) is 28.8 Å². The molecular formula is C15H18N2O4. The van der Waals surface area contributed by atoms with Gasteiger partial charge in [0.1, 0.15) is 6.04 Å². The molecule has 6 nitrogen and oxygen atoms in total. The van der Waals surface area contributed by atoms with Crippen molar-refractivity contribution >= 4 is 17.8 Å². The summed E-state index contributed by atoms with van der Waals surface area (Å²) in [5.74, 6) is -1.69. The van der Waals surface area contributed by atoms with Crippen molar-refractivity contribution in [3.05, 3.63) is 35.4 Å². The normalized spacial score (nSPS) is 17.6. The van der Waals surface area contributed by atoms with Crippen LogP contribution in [-0.4, -0.2) is 46.9 Å². The van der Waals surface area contributed by atoms with Gasteiger partial charge in [-0.1, -0.05) is 17.7 Å².